The zero-order valence-corrected chi connectivity index (χ0v) is 16.5. The maximum atomic E-state index is 9.84. The Labute approximate surface area is 181 Å². The molecule has 160 valence electrons. The van der Waals surface area contributed by atoms with Gasteiger partial charge in [0.1, 0.15) is 23.0 Å². The number of fused-ring (bicyclic) bond motifs is 1. The highest BCUT2D eigenvalue weighted by atomic mass is 16.3. The summed E-state index contributed by atoms with van der Waals surface area (Å²) in [6.07, 6.45) is 2.79. The molecular formula is C22H18N6O4. The molecule has 0 atom stereocenters. The molecule has 3 aromatic carbocycles. The second-order valence-electron chi connectivity index (χ2n) is 6.67. The Balaban J connectivity index is 1.54. The maximum absolute atomic E-state index is 9.84. The summed E-state index contributed by atoms with van der Waals surface area (Å²) in [6, 6.07) is 15.7. The summed E-state index contributed by atoms with van der Waals surface area (Å²) < 4.78 is 0. The number of phenolic OH excluding ortho intramolecular Hbond substituents is 4. The van der Waals surface area contributed by atoms with E-state index in [1.165, 1.54) is 48.8 Å². The average Bonchev–Trinajstić information content (AvgIpc) is 2.77. The molecule has 0 aliphatic rings. The quantitative estimate of drug-likeness (QED) is 0.201. The predicted octanol–water partition coefficient (Wildman–Crippen LogP) is 3.34. The molecule has 32 heavy (non-hydrogen) atoms. The van der Waals surface area contributed by atoms with E-state index < -0.39 is 0 Å². The molecule has 0 aliphatic carbocycles. The van der Waals surface area contributed by atoms with Crippen LogP contribution in [0.2, 0.25) is 0 Å². The van der Waals surface area contributed by atoms with Gasteiger partial charge in [0, 0.05) is 34.0 Å². The van der Waals surface area contributed by atoms with Crippen LogP contribution in [0.5, 0.6) is 23.0 Å². The fourth-order valence-electron chi connectivity index (χ4n) is 2.88. The van der Waals surface area contributed by atoms with Crippen LogP contribution in [0.3, 0.4) is 0 Å². The van der Waals surface area contributed by atoms with Crippen molar-refractivity contribution in [3.05, 3.63) is 71.8 Å². The molecule has 0 unspecified atom stereocenters. The molecule has 0 fully saturated rings. The third-order valence-electron chi connectivity index (χ3n) is 4.46. The number of nitrogens with zero attached hydrogens (tertiary/aromatic N) is 4. The zero-order chi connectivity index (χ0) is 22.5. The van der Waals surface area contributed by atoms with Crippen molar-refractivity contribution in [3.8, 4) is 23.0 Å². The molecule has 1 heterocycles. The first-order valence-corrected chi connectivity index (χ1v) is 9.39. The van der Waals surface area contributed by atoms with E-state index >= 15 is 0 Å². The summed E-state index contributed by atoms with van der Waals surface area (Å²) in [4.78, 5) is 0. The van der Waals surface area contributed by atoms with Gasteiger partial charge in [-0.2, -0.15) is 10.2 Å². The summed E-state index contributed by atoms with van der Waals surface area (Å²) in [6.45, 7) is 0. The molecule has 0 spiro atoms. The van der Waals surface area contributed by atoms with Crippen molar-refractivity contribution in [1.82, 2.24) is 10.2 Å². The lowest BCUT2D eigenvalue weighted by Gasteiger charge is -2.08. The number of nitrogens with one attached hydrogen (secondary N) is 2. The van der Waals surface area contributed by atoms with E-state index in [0.717, 1.165) is 10.8 Å². The number of hydrogen-bond donors (Lipinski definition) is 6. The monoisotopic (exact) mass is 430 g/mol. The van der Waals surface area contributed by atoms with E-state index in [0.29, 0.717) is 22.8 Å². The average molecular weight is 430 g/mol. The molecule has 4 aromatic rings. The first-order chi connectivity index (χ1) is 15.5. The number of hydrazone groups is 2. The SMILES string of the molecule is Oc1ccc(/C=N\Nc2nnc(N/N=C/c3ccc(O)cc3O)c3ccccc23)c(O)c1. The van der Waals surface area contributed by atoms with Crippen LogP contribution in [0.4, 0.5) is 11.6 Å². The van der Waals surface area contributed by atoms with Crippen LogP contribution >= 0.6 is 0 Å². The lowest BCUT2D eigenvalue weighted by Crippen LogP contribution is -2.01. The Bertz CT molecular complexity index is 1240. The van der Waals surface area contributed by atoms with E-state index in [1.807, 2.05) is 24.3 Å². The molecule has 0 radical (unpaired) electrons. The van der Waals surface area contributed by atoms with Gasteiger partial charge >= 0.3 is 0 Å². The third kappa shape index (κ3) is 4.49. The first-order valence-electron chi connectivity index (χ1n) is 9.39. The second-order valence-corrected chi connectivity index (χ2v) is 6.67. The number of hydrogen-bond acceptors (Lipinski definition) is 10. The second kappa shape index (κ2) is 8.88. The van der Waals surface area contributed by atoms with E-state index in [2.05, 4.69) is 31.3 Å². The molecule has 0 amide bonds. The van der Waals surface area contributed by atoms with Crippen molar-refractivity contribution in [3.63, 3.8) is 0 Å². The summed E-state index contributed by atoms with van der Waals surface area (Å²) in [5, 5.41) is 56.3. The number of rotatable bonds is 6. The normalized spacial score (nSPS) is 11.4. The van der Waals surface area contributed by atoms with Crippen molar-refractivity contribution in [2.75, 3.05) is 10.9 Å². The topological polar surface area (TPSA) is 155 Å². The molecule has 1 aromatic heterocycles. The minimum absolute atomic E-state index is 0.0455. The van der Waals surface area contributed by atoms with E-state index in [9.17, 15) is 20.4 Å². The molecule has 0 saturated heterocycles. The molecule has 0 aliphatic heterocycles. The highest BCUT2D eigenvalue weighted by Gasteiger charge is 2.08. The van der Waals surface area contributed by atoms with Crippen molar-refractivity contribution in [1.29, 1.82) is 0 Å². The van der Waals surface area contributed by atoms with Gasteiger partial charge in [-0.05, 0) is 24.3 Å². The van der Waals surface area contributed by atoms with Crippen molar-refractivity contribution < 1.29 is 20.4 Å². The maximum Gasteiger partial charge on any atom is 0.176 e. The molecule has 0 saturated carbocycles. The number of aromatic nitrogens is 2. The van der Waals surface area contributed by atoms with Crippen molar-refractivity contribution in [2.45, 2.75) is 0 Å². The van der Waals surface area contributed by atoms with Crippen LogP contribution in [0.15, 0.2) is 70.9 Å². The Morgan fingerprint density at radius 2 is 1.06 bits per heavy atom. The van der Waals surface area contributed by atoms with Crippen LogP contribution in [0.25, 0.3) is 10.8 Å². The summed E-state index contributed by atoms with van der Waals surface area (Å²) >= 11 is 0. The lowest BCUT2D eigenvalue weighted by atomic mass is 10.2. The molecule has 0 bridgehead atoms. The minimum atomic E-state index is -0.108. The molecular weight excluding hydrogens is 412 g/mol. The van der Waals surface area contributed by atoms with Crippen molar-refractivity contribution >= 4 is 34.8 Å². The summed E-state index contributed by atoms with van der Waals surface area (Å²) in [7, 11) is 0. The number of aromatic hydroxyl groups is 4. The Morgan fingerprint density at radius 1 is 0.625 bits per heavy atom. The molecule has 10 heteroatoms. The highest BCUT2D eigenvalue weighted by molar-refractivity contribution is 5.98. The van der Waals surface area contributed by atoms with Crippen LogP contribution in [-0.4, -0.2) is 43.1 Å². The van der Waals surface area contributed by atoms with Gasteiger partial charge in [0.25, 0.3) is 0 Å². The van der Waals surface area contributed by atoms with Gasteiger partial charge in [0.2, 0.25) is 0 Å². The van der Waals surface area contributed by atoms with E-state index in [-0.39, 0.29) is 23.0 Å². The highest BCUT2D eigenvalue weighted by Crippen LogP contribution is 2.26. The largest absolute Gasteiger partial charge is 0.508 e. The fourth-order valence-corrected chi connectivity index (χ4v) is 2.88. The Hall–Kier alpha value is -4.86. The first kappa shape index (κ1) is 20.4. The lowest BCUT2D eigenvalue weighted by molar-refractivity contribution is 0.449. The smallest absolute Gasteiger partial charge is 0.176 e. The number of anilines is 2. The van der Waals surface area contributed by atoms with Gasteiger partial charge in [0.15, 0.2) is 11.6 Å². The minimum Gasteiger partial charge on any atom is -0.508 e. The number of benzene rings is 3. The van der Waals surface area contributed by atoms with Crippen LogP contribution < -0.4 is 10.9 Å². The molecule has 6 N–H and O–H groups in total. The van der Waals surface area contributed by atoms with Crippen LogP contribution in [-0.2, 0) is 0 Å². The van der Waals surface area contributed by atoms with Gasteiger partial charge in [0.05, 0.1) is 12.4 Å². The van der Waals surface area contributed by atoms with Gasteiger partial charge in [-0.25, -0.2) is 0 Å². The van der Waals surface area contributed by atoms with Gasteiger partial charge in [-0.3, -0.25) is 10.9 Å². The van der Waals surface area contributed by atoms with Gasteiger partial charge in [-0.1, -0.05) is 24.3 Å². The number of phenols is 4. The summed E-state index contributed by atoms with van der Waals surface area (Å²) in [5.74, 6) is 0.473. The standard InChI is InChI=1S/C22H18N6O4/c29-15-7-5-13(19(31)9-15)11-23-25-21-17-3-1-2-4-18(17)22(28-27-21)26-24-12-14-6-8-16(30)10-20(14)32/h1-12,29-32H,(H,25,27)(H,26,28)/b23-11-,24-12+. The predicted molar refractivity (Wildman–Crippen MR) is 122 cm³/mol. The molecule has 10 nitrogen and oxygen atoms in total. The van der Waals surface area contributed by atoms with Crippen molar-refractivity contribution in [2.24, 2.45) is 10.2 Å². The van der Waals surface area contributed by atoms with E-state index in [4.69, 9.17) is 0 Å². The summed E-state index contributed by atoms with van der Waals surface area (Å²) in [5.41, 5.74) is 6.43. The zero-order valence-electron chi connectivity index (χ0n) is 16.5. The Morgan fingerprint density at radius 3 is 1.47 bits per heavy atom. The van der Waals surface area contributed by atoms with Gasteiger partial charge in [-0.15, -0.1) is 10.2 Å². The fraction of sp³-hybridized carbons (Fsp3) is 0. The van der Waals surface area contributed by atoms with Crippen LogP contribution in [0.1, 0.15) is 11.1 Å². The Kier molecular flexibility index (Phi) is 5.66. The van der Waals surface area contributed by atoms with Gasteiger partial charge < -0.3 is 20.4 Å². The van der Waals surface area contributed by atoms with Crippen LogP contribution in [0, 0.1) is 0 Å². The molecule has 4 rings (SSSR count). The van der Waals surface area contributed by atoms with E-state index in [1.54, 1.807) is 0 Å². The third-order valence-corrected chi connectivity index (χ3v) is 4.46.